The van der Waals surface area contributed by atoms with Crippen LogP contribution in [0.2, 0.25) is 5.15 Å². The Morgan fingerprint density at radius 1 is 1.00 bits per heavy atom. The van der Waals surface area contributed by atoms with Crippen molar-refractivity contribution in [3.8, 4) is 0 Å². The molecule has 0 bridgehead atoms. The molecule has 0 aliphatic rings. The van der Waals surface area contributed by atoms with Gasteiger partial charge < -0.3 is 5.32 Å². The highest BCUT2D eigenvalue weighted by Crippen LogP contribution is 2.25. The van der Waals surface area contributed by atoms with Gasteiger partial charge in [-0.25, -0.2) is 24.5 Å². The number of rotatable bonds is 4. The Kier molecular flexibility index (Phi) is 4.29. The van der Waals surface area contributed by atoms with Crippen LogP contribution < -0.4 is 5.32 Å². The molecule has 0 amide bonds. The zero-order chi connectivity index (χ0) is 19.8. The molecule has 0 fully saturated rings. The molecule has 0 unspecified atom stereocenters. The quantitative estimate of drug-likeness (QED) is 0.450. The van der Waals surface area contributed by atoms with Crippen molar-refractivity contribution in [2.24, 2.45) is 0 Å². The van der Waals surface area contributed by atoms with Crippen molar-refractivity contribution in [2.75, 3.05) is 5.32 Å². The van der Waals surface area contributed by atoms with Gasteiger partial charge in [-0.2, -0.15) is 5.10 Å². The molecule has 5 aromatic rings. The molecule has 0 spiro atoms. The average molecular weight is 402 g/mol. The van der Waals surface area contributed by atoms with Crippen LogP contribution in [0.1, 0.15) is 16.7 Å². The lowest BCUT2D eigenvalue weighted by Gasteiger charge is -2.11. The maximum atomic E-state index is 6.04. The summed E-state index contributed by atoms with van der Waals surface area (Å²) in [5.41, 5.74) is 6.78. The number of anilines is 2. The first-order chi connectivity index (χ1) is 14.2. The number of hydrogen-bond donors (Lipinski definition) is 1. The Bertz CT molecular complexity index is 1350. The molecule has 29 heavy (non-hydrogen) atoms. The van der Waals surface area contributed by atoms with E-state index < -0.39 is 0 Å². The van der Waals surface area contributed by atoms with Crippen molar-refractivity contribution in [3.63, 3.8) is 0 Å². The minimum Gasteiger partial charge on any atom is -0.338 e. The van der Waals surface area contributed by atoms with Crippen LogP contribution in [-0.4, -0.2) is 29.5 Å². The number of hydrogen-bond acceptors (Lipinski definition) is 6. The van der Waals surface area contributed by atoms with Crippen molar-refractivity contribution in [1.82, 2.24) is 29.5 Å². The average Bonchev–Trinajstić information content (AvgIpc) is 3.18. The first-order valence-electron chi connectivity index (χ1n) is 9.08. The van der Waals surface area contributed by atoms with Gasteiger partial charge in [0.15, 0.2) is 11.5 Å². The van der Waals surface area contributed by atoms with E-state index in [0.29, 0.717) is 16.5 Å². The lowest BCUT2D eigenvalue weighted by molar-refractivity contribution is 0.953. The summed E-state index contributed by atoms with van der Waals surface area (Å²) < 4.78 is 1.76. The third-order valence-electron chi connectivity index (χ3n) is 4.79. The van der Waals surface area contributed by atoms with Crippen LogP contribution in [0, 0.1) is 6.92 Å². The normalized spacial score (nSPS) is 11.2. The number of fused-ring (bicyclic) bond motifs is 2. The van der Waals surface area contributed by atoms with Gasteiger partial charge in [0.25, 0.3) is 0 Å². The summed E-state index contributed by atoms with van der Waals surface area (Å²) >= 11 is 6.04. The number of nitrogens with one attached hydrogen (secondary N) is 1. The summed E-state index contributed by atoms with van der Waals surface area (Å²) in [4.78, 5) is 17.2. The predicted octanol–water partition coefficient (Wildman–Crippen LogP) is 4.36. The molecule has 7 nitrogen and oxygen atoms in total. The van der Waals surface area contributed by atoms with Gasteiger partial charge in [-0.05, 0) is 66.4 Å². The molecule has 0 aliphatic heterocycles. The van der Waals surface area contributed by atoms with Crippen LogP contribution in [0.15, 0.2) is 61.3 Å². The fourth-order valence-electron chi connectivity index (χ4n) is 3.30. The zero-order valence-corrected chi connectivity index (χ0v) is 16.3. The van der Waals surface area contributed by atoms with Gasteiger partial charge in [0.05, 0.1) is 5.52 Å². The highest BCUT2D eigenvalue weighted by atomic mass is 35.5. The second-order valence-electron chi connectivity index (χ2n) is 6.76. The van der Waals surface area contributed by atoms with Gasteiger partial charge in [-0.3, -0.25) is 0 Å². The predicted molar refractivity (Wildman–Crippen MR) is 113 cm³/mol. The first kappa shape index (κ1) is 17.5. The Morgan fingerprint density at radius 3 is 2.83 bits per heavy atom. The summed E-state index contributed by atoms with van der Waals surface area (Å²) in [6.07, 6.45) is 5.83. The van der Waals surface area contributed by atoms with E-state index in [1.54, 1.807) is 16.9 Å². The SMILES string of the molecule is Cc1cc(Nc2ncnc3ccc(Cl)nc23)ccc1Cc1ccn2ncnc2c1. The Labute approximate surface area is 171 Å². The monoisotopic (exact) mass is 401 g/mol. The van der Waals surface area contributed by atoms with E-state index in [2.05, 4.69) is 61.5 Å². The molecule has 1 aromatic carbocycles. The van der Waals surface area contributed by atoms with Gasteiger partial charge in [-0.1, -0.05) is 17.7 Å². The summed E-state index contributed by atoms with van der Waals surface area (Å²) in [6.45, 7) is 2.10. The number of aryl methyl sites for hydroxylation is 1. The van der Waals surface area contributed by atoms with E-state index in [4.69, 9.17) is 11.6 Å². The highest BCUT2D eigenvalue weighted by Gasteiger charge is 2.08. The maximum Gasteiger partial charge on any atom is 0.160 e. The van der Waals surface area contributed by atoms with E-state index in [0.717, 1.165) is 23.3 Å². The topological polar surface area (TPSA) is 80.9 Å². The van der Waals surface area contributed by atoms with Crippen LogP contribution in [0.5, 0.6) is 0 Å². The molecule has 8 heteroatoms. The minimum absolute atomic E-state index is 0.409. The fraction of sp³-hybridized carbons (Fsp3) is 0.0952. The summed E-state index contributed by atoms with van der Waals surface area (Å²) in [7, 11) is 0. The summed E-state index contributed by atoms with van der Waals surface area (Å²) in [5, 5.41) is 7.88. The number of halogens is 1. The summed E-state index contributed by atoms with van der Waals surface area (Å²) in [6, 6.07) is 13.9. The van der Waals surface area contributed by atoms with E-state index in [1.807, 2.05) is 18.3 Å². The number of benzene rings is 1. The Hall–Kier alpha value is -3.58. The summed E-state index contributed by atoms with van der Waals surface area (Å²) in [5.74, 6) is 0.627. The number of aromatic nitrogens is 6. The Balaban J connectivity index is 1.42. The third-order valence-corrected chi connectivity index (χ3v) is 5.00. The largest absolute Gasteiger partial charge is 0.338 e. The van der Waals surface area contributed by atoms with Crippen LogP contribution in [0.3, 0.4) is 0 Å². The van der Waals surface area contributed by atoms with Crippen LogP contribution in [-0.2, 0) is 6.42 Å². The second kappa shape index (κ2) is 7.10. The number of pyridine rings is 2. The lowest BCUT2D eigenvalue weighted by atomic mass is 10.0. The van der Waals surface area contributed by atoms with Crippen LogP contribution >= 0.6 is 11.6 Å². The standard InChI is InChI=1S/C21H16ClN7/c1-13-8-16(27-21-20-17(23-11-25-21)4-5-18(22)28-20)3-2-15(13)9-14-6-7-29-19(10-14)24-12-26-29/h2-8,10-12H,9H2,1H3,(H,23,25,27). The van der Waals surface area contributed by atoms with Crippen molar-refractivity contribution in [3.05, 3.63) is 83.2 Å². The fourth-order valence-corrected chi connectivity index (χ4v) is 3.45. The molecule has 5 rings (SSSR count). The molecule has 142 valence electrons. The lowest BCUT2D eigenvalue weighted by Crippen LogP contribution is -1.99. The molecular weight excluding hydrogens is 386 g/mol. The number of nitrogens with zero attached hydrogens (tertiary/aromatic N) is 6. The van der Waals surface area contributed by atoms with Crippen molar-refractivity contribution in [1.29, 1.82) is 0 Å². The van der Waals surface area contributed by atoms with Gasteiger partial charge in [0.1, 0.15) is 23.3 Å². The maximum absolute atomic E-state index is 6.04. The molecule has 0 aliphatic carbocycles. The van der Waals surface area contributed by atoms with E-state index in [-0.39, 0.29) is 0 Å². The molecule has 0 saturated heterocycles. The third kappa shape index (κ3) is 3.48. The van der Waals surface area contributed by atoms with E-state index in [1.165, 1.54) is 23.0 Å². The van der Waals surface area contributed by atoms with Crippen LogP contribution in [0.25, 0.3) is 16.7 Å². The Morgan fingerprint density at radius 2 is 1.93 bits per heavy atom. The van der Waals surface area contributed by atoms with Gasteiger partial charge >= 0.3 is 0 Å². The molecule has 0 saturated carbocycles. The highest BCUT2D eigenvalue weighted by molar-refractivity contribution is 6.29. The molecule has 1 N–H and O–H groups in total. The molecular formula is C21H16ClN7. The van der Waals surface area contributed by atoms with Crippen LogP contribution in [0.4, 0.5) is 11.5 Å². The van der Waals surface area contributed by atoms with Crippen molar-refractivity contribution in [2.45, 2.75) is 13.3 Å². The van der Waals surface area contributed by atoms with E-state index >= 15 is 0 Å². The molecule has 0 radical (unpaired) electrons. The van der Waals surface area contributed by atoms with Crippen molar-refractivity contribution < 1.29 is 0 Å². The second-order valence-corrected chi connectivity index (χ2v) is 7.15. The minimum atomic E-state index is 0.409. The van der Waals surface area contributed by atoms with Gasteiger partial charge in [0.2, 0.25) is 0 Å². The van der Waals surface area contributed by atoms with Gasteiger partial charge in [-0.15, -0.1) is 0 Å². The molecule has 4 aromatic heterocycles. The molecule has 0 atom stereocenters. The van der Waals surface area contributed by atoms with E-state index in [9.17, 15) is 0 Å². The smallest absolute Gasteiger partial charge is 0.160 e. The van der Waals surface area contributed by atoms with Gasteiger partial charge in [0, 0.05) is 11.9 Å². The zero-order valence-electron chi connectivity index (χ0n) is 15.5. The first-order valence-corrected chi connectivity index (χ1v) is 9.45. The van der Waals surface area contributed by atoms with Crippen molar-refractivity contribution >= 4 is 39.8 Å². The molecule has 4 heterocycles.